The van der Waals surface area contributed by atoms with Crippen LogP contribution in [-0.2, 0) is 4.74 Å². The molecule has 2 aromatic heterocycles. The largest absolute Gasteiger partial charge is 0.368 e. The van der Waals surface area contributed by atoms with Gasteiger partial charge in [0.05, 0.1) is 18.8 Å². The van der Waals surface area contributed by atoms with Crippen molar-refractivity contribution in [1.82, 2.24) is 20.2 Å². The number of aromatic amines is 1. The molecule has 0 aromatic carbocycles. The maximum atomic E-state index is 5.75. The predicted molar refractivity (Wildman–Crippen MR) is 66.3 cm³/mol. The summed E-state index contributed by atoms with van der Waals surface area (Å²) in [5.41, 5.74) is 1.98. The minimum Gasteiger partial charge on any atom is -0.368 e. The number of anilines is 1. The minimum atomic E-state index is 0.0246. The van der Waals surface area contributed by atoms with Crippen molar-refractivity contribution >= 4 is 5.82 Å². The Bertz CT molecular complexity index is 513. The SMILES string of the molecule is Cc1cc(N2CCO[C@@H](c3ccn[nH]3)C2)ncn1. The van der Waals surface area contributed by atoms with Crippen molar-refractivity contribution in [2.75, 3.05) is 24.6 Å². The molecule has 0 spiro atoms. The van der Waals surface area contributed by atoms with Gasteiger partial charge in [-0.05, 0) is 13.0 Å². The summed E-state index contributed by atoms with van der Waals surface area (Å²) in [6.45, 7) is 4.28. The van der Waals surface area contributed by atoms with Crippen molar-refractivity contribution in [3.8, 4) is 0 Å². The lowest BCUT2D eigenvalue weighted by Crippen LogP contribution is -2.39. The average Bonchev–Trinajstić information content (AvgIpc) is 2.93. The van der Waals surface area contributed by atoms with Crippen molar-refractivity contribution in [1.29, 1.82) is 0 Å². The number of ether oxygens (including phenoxy) is 1. The van der Waals surface area contributed by atoms with Gasteiger partial charge in [-0.2, -0.15) is 5.10 Å². The zero-order valence-electron chi connectivity index (χ0n) is 10.2. The van der Waals surface area contributed by atoms with Crippen LogP contribution in [0.25, 0.3) is 0 Å². The number of hydrogen-bond acceptors (Lipinski definition) is 5. The van der Waals surface area contributed by atoms with E-state index in [1.54, 1.807) is 12.5 Å². The molecule has 3 rings (SSSR count). The number of nitrogens with zero attached hydrogens (tertiary/aromatic N) is 4. The molecule has 1 saturated heterocycles. The minimum absolute atomic E-state index is 0.0246. The van der Waals surface area contributed by atoms with Crippen LogP contribution in [0, 0.1) is 6.92 Å². The Morgan fingerprint density at radius 3 is 3.17 bits per heavy atom. The summed E-state index contributed by atoms with van der Waals surface area (Å²) in [7, 11) is 0. The first-order valence-corrected chi connectivity index (χ1v) is 5.97. The van der Waals surface area contributed by atoms with Crippen LogP contribution in [0.5, 0.6) is 0 Å². The van der Waals surface area contributed by atoms with Crippen LogP contribution in [0.1, 0.15) is 17.5 Å². The molecule has 6 nitrogen and oxygen atoms in total. The second kappa shape index (κ2) is 4.73. The lowest BCUT2D eigenvalue weighted by Gasteiger charge is -2.33. The van der Waals surface area contributed by atoms with E-state index in [0.29, 0.717) is 6.61 Å². The average molecular weight is 245 g/mol. The third-order valence-corrected chi connectivity index (χ3v) is 3.05. The first-order valence-electron chi connectivity index (χ1n) is 5.97. The monoisotopic (exact) mass is 245 g/mol. The van der Waals surface area contributed by atoms with E-state index in [2.05, 4.69) is 25.1 Å². The zero-order valence-corrected chi connectivity index (χ0v) is 10.2. The van der Waals surface area contributed by atoms with Crippen LogP contribution in [0.4, 0.5) is 5.82 Å². The Labute approximate surface area is 105 Å². The maximum absolute atomic E-state index is 5.75. The Balaban J connectivity index is 1.78. The predicted octanol–water partition coefficient (Wildman–Crippen LogP) is 1.09. The number of rotatable bonds is 2. The third-order valence-electron chi connectivity index (χ3n) is 3.05. The topological polar surface area (TPSA) is 66.9 Å². The van der Waals surface area contributed by atoms with Gasteiger partial charge < -0.3 is 9.64 Å². The molecule has 0 bridgehead atoms. The van der Waals surface area contributed by atoms with E-state index >= 15 is 0 Å². The number of morpholine rings is 1. The molecule has 6 heteroatoms. The second-order valence-corrected chi connectivity index (χ2v) is 4.34. The number of aryl methyl sites for hydroxylation is 1. The fourth-order valence-electron chi connectivity index (χ4n) is 2.10. The van der Waals surface area contributed by atoms with Crippen molar-refractivity contribution in [3.05, 3.63) is 36.0 Å². The Hall–Kier alpha value is -1.95. The van der Waals surface area contributed by atoms with Gasteiger partial charge in [-0.3, -0.25) is 5.10 Å². The van der Waals surface area contributed by atoms with Gasteiger partial charge in [-0.1, -0.05) is 0 Å². The van der Waals surface area contributed by atoms with Crippen LogP contribution in [0.3, 0.4) is 0 Å². The molecule has 2 aromatic rings. The van der Waals surface area contributed by atoms with Crippen molar-refractivity contribution in [3.63, 3.8) is 0 Å². The van der Waals surface area contributed by atoms with Gasteiger partial charge in [-0.15, -0.1) is 0 Å². The summed E-state index contributed by atoms with van der Waals surface area (Å²) in [5, 5.41) is 6.92. The van der Waals surface area contributed by atoms with Crippen molar-refractivity contribution in [2.24, 2.45) is 0 Å². The standard InChI is InChI=1S/C12H15N5O/c1-9-6-12(14-8-13-9)17-4-5-18-11(7-17)10-2-3-15-16-10/h2-3,6,8,11H,4-5,7H2,1H3,(H,15,16)/t11-/m1/s1. The van der Waals surface area contributed by atoms with Crippen molar-refractivity contribution in [2.45, 2.75) is 13.0 Å². The quantitative estimate of drug-likeness (QED) is 0.857. The highest BCUT2D eigenvalue weighted by molar-refractivity contribution is 5.39. The first kappa shape index (κ1) is 11.2. The van der Waals surface area contributed by atoms with Crippen LogP contribution in [-0.4, -0.2) is 39.9 Å². The summed E-state index contributed by atoms with van der Waals surface area (Å²) < 4.78 is 5.75. The van der Waals surface area contributed by atoms with Gasteiger partial charge >= 0.3 is 0 Å². The molecule has 3 heterocycles. The molecule has 18 heavy (non-hydrogen) atoms. The van der Waals surface area contributed by atoms with E-state index in [0.717, 1.165) is 30.3 Å². The Morgan fingerprint density at radius 1 is 1.44 bits per heavy atom. The third kappa shape index (κ3) is 2.19. The zero-order chi connectivity index (χ0) is 12.4. The first-order chi connectivity index (χ1) is 8.83. The summed E-state index contributed by atoms with van der Waals surface area (Å²) in [5.74, 6) is 0.954. The molecule has 0 unspecified atom stereocenters. The van der Waals surface area contributed by atoms with Gasteiger partial charge in [-0.25, -0.2) is 9.97 Å². The molecule has 0 amide bonds. The fourth-order valence-corrected chi connectivity index (χ4v) is 2.10. The van der Waals surface area contributed by atoms with Crippen LogP contribution in [0.15, 0.2) is 24.7 Å². The van der Waals surface area contributed by atoms with E-state index in [1.165, 1.54) is 0 Å². The van der Waals surface area contributed by atoms with Crippen LogP contribution >= 0.6 is 0 Å². The van der Waals surface area contributed by atoms with Gasteiger partial charge in [0.25, 0.3) is 0 Å². The van der Waals surface area contributed by atoms with Crippen LogP contribution < -0.4 is 4.90 Å². The Morgan fingerprint density at radius 2 is 2.39 bits per heavy atom. The number of aromatic nitrogens is 4. The van der Waals surface area contributed by atoms with Gasteiger partial charge in [0, 0.05) is 24.5 Å². The van der Waals surface area contributed by atoms with Gasteiger partial charge in [0.1, 0.15) is 18.2 Å². The van der Waals surface area contributed by atoms with E-state index in [9.17, 15) is 0 Å². The smallest absolute Gasteiger partial charge is 0.132 e. The highest BCUT2D eigenvalue weighted by Crippen LogP contribution is 2.23. The molecule has 0 radical (unpaired) electrons. The number of nitrogens with one attached hydrogen (secondary N) is 1. The molecular weight excluding hydrogens is 230 g/mol. The lowest BCUT2D eigenvalue weighted by atomic mass is 10.2. The molecule has 1 N–H and O–H groups in total. The van der Waals surface area contributed by atoms with E-state index in [-0.39, 0.29) is 6.10 Å². The van der Waals surface area contributed by atoms with E-state index in [4.69, 9.17) is 4.74 Å². The molecule has 0 aliphatic carbocycles. The number of hydrogen-bond donors (Lipinski definition) is 1. The van der Waals surface area contributed by atoms with Gasteiger partial charge in [0.15, 0.2) is 0 Å². The van der Waals surface area contributed by atoms with E-state index in [1.807, 2.05) is 19.1 Å². The van der Waals surface area contributed by atoms with Crippen molar-refractivity contribution < 1.29 is 4.74 Å². The highest BCUT2D eigenvalue weighted by atomic mass is 16.5. The molecular formula is C12H15N5O. The molecule has 0 saturated carbocycles. The maximum Gasteiger partial charge on any atom is 0.132 e. The molecule has 1 aliphatic heterocycles. The van der Waals surface area contributed by atoms with Gasteiger partial charge in [0.2, 0.25) is 0 Å². The van der Waals surface area contributed by atoms with E-state index < -0.39 is 0 Å². The summed E-state index contributed by atoms with van der Waals surface area (Å²) in [4.78, 5) is 10.6. The summed E-state index contributed by atoms with van der Waals surface area (Å²) in [6.07, 6.45) is 3.37. The molecule has 1 atom stereocenters. The van der Waals surface area contributed by atoms with Crippen LogP contribution in [0.2, 0.25) is 0 Å². The lowest BCUT2D eigenvalue weighted by molar-refractivity contribution is 0.0367. The fraction of sp³-hybridized carbons (Fsp3) is 0.417. The normalized spacial score (nSPS) is 20.1. The molecule has 1 fully saturated rings. The number of H-pyrrole nitrogens is 1. The Kier molecular flexibility index (Phi) is 2.93. The highest BCUT2D eigenvalue weighted by Gasteiger charge is 2.23. The molecule has 94 valence electrons. The summed E-state index contributed by atoms with van der Waals surface area (Å²) >= 11 is 0. The second-order valence-electron chi connectivity index (χ2n) is 4.34. The molecule has 1 aliphatic rings. The summed E-state index contributed by atoms with van der Waals surface area (Å²) in [6, 6.07) is 3.94.